The van der Waals surface area contributed by atoms with Crippen molar-refractivity contribution >= 4 is 27.7 Å². The molecule has 0 aromatic carbocycles. The highest BCUT2D eigenvalue weighted by Gasteiger charge is 2.36. The van der Waals surface area contributed by atoms with Crippen LogP contribution in [0, 0.1) is 5.92 Å². The first kappa shape index (κ1) is 14.1. The minimum Gasteiger partial charge on any atom is -0.372 e. The maximum atomic E-state index is 4.67. The van der Waals surface area contributed by atoms with Crippen LogP contribution in [0.25, 0.3) is 0 Å². The molecule has 1 N–H and O–H groups in total. The molecular weight excluding hydrogens is 318 g/mol. The van der Waals surface area contributed by atoms with Gasteiger partial charge in [0.05, 0.1) is 4.47 Å². The van der Waals surface area contributed by atoms with Gasteiger partial charge in [-0.3, -0.25) is 0 Å². The van der Waals surface area contributed by atoms with Crippen LogP contribution in [0.3, 0.4) is 0 Å². The summed E-state index contributed by atoms with van der Waals surface area (Å²) in [6.45, 7) is 3.46. The van der Waals surface area contributed by atoms with Crippen LogP contribution in [0.2, 0.25) is 0 Å². The van der Waals surface area contributed by atoms with Gasteiger partial charge in [0.2, 0.25) is 5.95 Å². The minimum absolute atomic E-state index is 0.603. The van der Waals surface area contributed by atoms with Crippen molar-refractivity contribution < 1.29 is 0 Å². The zero-order chi connectivity index (χ0) is 14.1. The number of halogens is 1. The standard InChI is InChI=1S/C14H22BrN5/c1-16-13-11(15)8-17-14(18-13)20-6-3-4-10-9-19(2)7-5-12(10)20/h8,10,12H,3-7,9H2,1-2H3,(H,16,17,18). The van der Waals surface area contributed by atoms with E-state index in [4.69, 9.17) is 0 Å². The van der Waals surface area contributed by atoms with Crippen molar-refractivity contribution in [1.82, 2.24) is 14.9 Å². The smallest absolute Gasteiger partial charge is 0.227 e. The van der Waals surface area contributed by atoms with Gasteiger partial charge in [0, 0.05) is 32.4 Å². The second kappa shape index (κ2) is 5.85. The number of aromatic nitrogens is 2. The summed E-state index contributed by atoms with van der Waals surface area (Å²) in [6, 6.07) is 0.603. The van der Waals surface area contributed by atoms with E-state index >= 15 is 0 Å². The molecule has 2 aliphatic heterocycles. The van der Waals surface area contributed by atoms with Gasteiger partial charge < -0.3 is 15.1 Å². The zero-order valence-corrected chi connectivity index (χ0v) is 13.7. The van der Waals surface area contributed by atoms with Crippen LogP contribution in [-0.2, 0) is 0 Å². The summed E-state index contributed by atoms with van der Waals surface area (Å²) in [5.74, 6) is 2.50. The molecule has 0 amide bonds. The number of rotatable bonds is 2. The summed E-state index contributed by atoms with van der Waals surface area (Å²) < 4.78 is 0.917. The average Bonchev–Trinajstić information content (AvgIpc) is 2.47. The summed E-state index contributed by atoms with van der Waals surface area (Å²) in [5, 5.41) is 3.12. The first-order valence-corrected chi connectivity index (χ1v) is 8.14. The number of fused-ring (bicyclic) bond motifs is 1. The summed E-state index contributed by atoms with van der Waals surface area (Å²) in [6.07, 6.45) is 5.65. The van der Waals surface area contributed by atoms with Gasteiger partial charge in [-0.05, 0) is 54.7 Å². The molecule has 0 radical (unpaired) electrons. The van der Waals surface area contributed by atoms with Crippen LogP contribution in [-0.4, -0.2) is 54.6 Å². The van der Waals surface area contributed by atoms with Crippen molar-refractivity contribution in [3.63, 3.8) is 0 Å². The number of likely N-dealkylation sites (tertiary alicyclic amines) is 1. The minimum atomic E-state index is 0.603. The lowest BCUT2D eigenvalue weighted by Gasteiger charge is -2.46. The Morgan fingerprint density at radius 3 is 3.00 bits per heavy atom. The molecule has 110 valence electrons. The molecule has 2 fully saturated rings. The second-order valence-electron chi connectivity index (χ2n) is 5.83. The van der Waals surface area contributed by atoms with Crippen LogP contribution in [0.15, 0.2) is 10.7 Å². The molecule has 20 heavy (non-hydrogen) atoms. The van der Waals surface area contributed by atoms with E-state index in [2.05, 4.69) is 48.1 Å². The van der Waals surface area contributed by atoms with E-state index < -0.39 is 0 Å². The number of hydrogen-bond acceptors (Lipinski definition) is 5. The highest BCUT2D eigenvalue weighted by molar-refractivity contribution is 9.10. The molecule has 2 aliphatic rings. The maximum Gasteiger partial charge on any atom is 0.227 e. The highest BCUT2D eigenvalue weighted by atomic mass is 79.9. The lowest BCUT2D eigenvalue weighted by Crippen LogP contribution is -2.53. The normalized spacial score (nSPS) is 27.2. The molecule has 0 aliphatic carbocycles. The summed E-state index contributed by atoms with van der Waals surface area (Å²) in [7, 11) is 4.12. The van der Waals surface area contributed by atoms with Crippen molar-refractivity contribution in [2.75, 3.05) is 43.9 Å². The van der Waals surface area contributed by atoms with Crippen molar-refractivity contribution in [2.24, 2.45) is 5.92 Å². The van der Waals surface area contributed by atoms with Crippen LogP contribution in [0.5, 0.6) is 0 Å². The van der Waals surface area contributed by atoms with Crippen LogP contribution < -0.4 is 10.2 Å². The molecule has 3 rings (SSSR count). The molecule has 3 heterocycles. The van der Waals surface area contributed by atoms with Crippen molar-refractivity contribution in [3.8, 4) is 0 Å². The van der Waals surface area contributed by atoms with E-state index in [-0.39, 0.29) is 0 Å². The fraction of sp³-hybridized carbons (Fsp3) is 0.714. The Labute approximate surface area is 128 Å². The number of nitrogens with one attached hydrogen (secondary N) is 1. The van der Waals surface area contributed by atoms with Gasteiger partial charge in [-0.2, -0.15) is 4.98 Å². The third kappa shape index (κ3) is 2.63. The van der Waals surface area contributed by atoms with E-state index in [0.29, 0.717) is 6.04 Å². The van der Waals surface area contributed by atoms with E-state index in [0.717, 1.165) is 28.7 Å². The Balaban J connectivity index is 1.85. The fourth-order valence-electron chi connectivity index (χ4n) is 3.51. The predicted molar refractivity (Wildman–Crippen MR) is 85.3 cm³/mol. The van der Waals surface area contributed by atoms with Crippen molar-refractivity contribution in [1.29, 1.82) is 0 Å². The predicted octanol–water partition coefficient (Wildman–Crippen LogP) is 2.20. The monoisotopic (exact) mass is 339 g/mol. The average molecular weight is 340 g/mol. The fourth-order valence-corrected chi connectivity index (χ4v) is 3.89. The van der Waals surface area contributed by atoms with Crippen LogP contribution in [0.4, 0.5) is 11.8 Å². The highest BCUT2D eigenvalue weighted by Crippen LogP contribution is 2.33. The number of anilines is 2. The van der Waals surface area contributed by atoms with E-state index in [1.165, 1.54) is 32.4 Å². The maximum absolute atomic E-state index is 4.67. The van der Waals surface area contributed by atoms with Crippen LogP contribution >= 0.6 is 15.9 Å². The van der Waals surface area contributed by atoms with E-state index in [1.54, 1.807) is 0 Å². The van der Waals surface area contributed by atoms with Crippen molar-refractivity contribution in [3.05, 3.63) is 10.7 Å². The Bertz CT molecular complexity index is 481. The summed E-state index contributed by atoms with van der Waals surface area (Å²) in [4.78, 5) is 14.1. The Morgan fingerprint density at radius 1 is 1.35 bits per heavy atom. The van der Waals surface area contributed by atoms with E-state index in [1.807, 2.05) is 13.2 Å². The van der Waals surface area contributed by atoms with Gasteiger partial charge >= 0.3 is 0 Å². The van der Waals surface area contributed by atoms with Gasteiger partial charge in [0.15, 0.2) is 0 Å². The molecule has 1 aromatic rings. The molecule has 0 bridgehead atoms. The molecule has 5 nitrogen and oxygen atoms in total. The lowest BCUT2D eigenvalue weighted by atomic mass is 9.84. The molecule has 6 heteroatoms. The van der Waals surface area contributed by atoms with Gasteiger partial charge in [-0.15, -0.1) is 0 Å². The number of hydrogen-bond donors (Lipinski definition) is 1. The molecule has 1 aromatic heterocycles. The quantitative estimate of drug-likeness (QED) is 0.894. The Hall–Kier alpha value is -0.880. The molecule has 2 atom stereocenters. The van der Waals surface area contributed by atoms with Crippen molar-refractivity contribution in [2.45, 2.75) is 25.3 Å². The SMILES string of the molecule is CNc1nc(N2CCCC3CN(C)CCC32)ncc1Br. The lowest BCUT2D eigenvalue weighted by molar-refractivity contribution is 0.153. The van der Waals surface area contributed by atoms with Crippen LogP contribution in [0.1, 0.15) is 19.3 Å². The first-order chi connectivity index (χ1) is 9.69. The van der Waals surface area contributed by atoms with Gasteiger partial charge in [0.1, 0.15) is 5.82 Å². The van der Waals surface area contributed by atoms with E-state index in [9.17, 15) is 0 Å². The zero-order valence-electron chi connectivity index (χ0n) is 12.1. The number of nitrogens with zero attached hydrogens (tertiary/aromatic N) is 4. The first-order valence-electron chi connectivity index (χ1n) is 7.34. The second-order valence-corrected chi connectivity index (χ2v) is 6.68. The molecule has 0 saturated carbocycles. The molecule has 2 saturated heterocycles. The largest absolute Gasteiger partial charge is 0.372 e. The molecular formula is C14H22BrN5. The Kier molecular flexibility index (Phi) is 4.12. The molecule has 0 spiro atoms. The topological polar surface area (TPSA) is 44.3 Å². The Morgan fingerprint density at radius 2 is 2.20 bits per heavy atom. The summed E-state index contributed by atoms with van der Waals surface area (Å²) in [5.41, 5.74) is 0. The number of piperidine rings is 2. The van der Waals surface area contributed by atoms with Gasteiger partial charge in [-0.25, -0.2) is 4.98 Å². The molecule has 2 unspecified atom stereocenters. The van der Waals surface area contributed by atoms with Gasteiger partial charge in [0.25, 0.3) is 0 Å². The third-order valence-corrected chi connectivity index (χ3v) is 5.08. The van der Waals surface area contributed by atoms with Gasteiger partial charge in [-0.1, -0.05) is 0 Å². The summed E-state index contributed by atoms with van der Waals surface area (Å²) >= 11 is 3.48. The third-order valence-electron chi connectivity index (χ3n) is 4.50.